The first-order valence-corrected chi connectivity index (χ1v) is 9.99. The van der Waals surface area contributed by atoms with Crippen molar-refractivity contribution in [2.24, 2.45) is 0 Å². The fraction of sp³-hybridized carbons (Fsp3) is 0.409. The number of rotatable bonds is 7. The number of carbonyl (C=O) groups is 1. The lowest BCUT2D eigenvalue weighted by Crippen LogP contribution is -2.49. The number of hydrogen-bond donors (Lipinski definition) is 1. The van der Waals surface area contributed by atoms with Gasteiger partial charge in [-0.2, -0.15) is 0 Å². The maximum Gasteiger partial charge on any atom is 0.234 e. The standard InChI is InChI=1S/C22H28ClN3O/c1-18(20-5-3-2-4-6-20)15-24-22(27)17-26-13-11-25(12-14-26)16-19-7-9-21(23)10-8-19/h2-10,18H,11-17H2,1H3,(H,24,27)/t18-/m0/s1. The summed E-state index contributed by atoms with van der Waals surface area (Å²) < 4.78 is 0. The van der Waals surface area contributed by atoms with E-state index in [0.29, 0.717) is 19.0 Å². The number of benzene rings is 2. The summed E-state index contributed by atoms with van der Waals surface area (Å²) >= 11 is 5.94. The number of nitrogens with one attached hydrogen (secondary N) is 1. The summed E-state index contributed by atoms with van der Waals surface area (Å²) in [6.07, 6.45) is 0. The van der Waals surface area contributed by atoms with Crippen LogP contribution in [-0.2, 0) is 11.3 Å². The van der Waals surface area contributed by atoms with Crippen LogP contribution in [0.15, 0.2) is 54.6 Å². The van der Waals surface area contributed by atoms with Crippen molar-refractivity contribution in [2.75, 3.05) is 39.3 Å². The van der Waals surface area contributed by atoms with E-state index in [0.717, 1.165) is 37.7 Å². The molecule has 0 aromatic heterocycles. The largest absolute Gasteiger partial charge is 0.354 e. The molecule has 1 aliphatic heterocycles. The second kappa shape index (κ2) is 9.88. The summed E-state index contributed by atoms with van der Waals surface area (Å²) in [5, 5.41) is 3.85. The van der Waals surface area contributed by atoms with E-state index in [-0.39, 0.29) is 5.91 Å². The van der Waals surface area contributed by atoms with Gasteiger partial charge < -0.3 is 5.32 Å². The molecule has 0 radical (unpaired) electrons. The number of carbonyl (C=O) groups excluding carboxylic acids is 1. The predicted molar refractivity (Wildman–Crippen MR) is 111 cm³/mol. The summed E-state index contributed by atoms with van der Waals surface area (Å²) in [6, 6.07) is 18.3. The van der Waals surface area contributed by atoms with Gasteiger partial charge in [-0.3, -0.25) is 14.6 Å². The molecule has 2 aromatic rings. The van der Waals surface area contributed by atoms with Crippen molar-refractivity contribution < 1.29 is 4.79 Å². The zero-order chi connectivity index (χ0) is 19.1. The second-order valence-electron chi connectivity index (χ2n) is 7.29. The lowest BCUT2D eigenvalue weighted by Gasteiger charge is -2.34. The zero-order valence-corrected chi connectivity index (χ0v) is 16.7. The van der Waals surface area contributed by atoms with E-state index in [1.165, 1.54) is 11.1 Å². The molecular weight excluding hydrogens is 358 g/mol. The number of amides is 1. The number of nitrogens with zero attached hydrogens (tertiary/aromatic N) is 2. The Kier molecular flexibility index (Phi) is 7.27. The minimum atomic E-state index is 0.115. The van der Waals surface area contributed by atoms with Crippen molar-refractivity contribution in [1.29, 1.82) is 0 Å². The van der Waals surface area contributed by atoms with Gasteiger partial charge in [0.25, 0.3) is 0 Å². The molecule has 2 aromatic carbocycles. The van der Waals surface area contributed by atoms with Gasteiger partial charge in [0, 0.05) is 44.3 Å². The molecule has 27 heavy (non-hydrogen) atoms. The molecule has 0 spiro atoms. The SMILES string of the molecule is C[C@@H](CNC(=O)CN1CCN(Cc2ccc(Cl)cc2)CC1)c1ccccc1. The molecule has 0 saturated carbocycles. The third-order valence-electron chi connectivity index (χ3n) is 5.13. The first-order valence-electron chi connectivity index (χ1n) is 9.61. The Balaban J connectivity index is 1.36. The van der Waals surface area contributed by atoms with Gasteiger partial charge >= 0.3 is 0 Å². The van der Waals surface area contributed by atoms with Gasteiger partial charge in [-0.1, -0.05) is 61.0 Å². The molecule has 1 aliphatic rings. The molecule has 5 heteroatoms. The minimum absolute atomic E-state index is 0.115. The van der Waals surface area contributed by atoms with E-state index >= 15 is 0 Å². The van der Waals surface area contributed by atoms with Crippen molar-refractivity contribution in [3.63, 3.8) is 0 Å². The Hall–Kier alpha value is -1.88. The average Bonchev–Trinajstić information content (AvgIpc) is 2.70. The van der Waals surface area contributed by atoms with Crippen molar-refractivity contribution in [3.05, 3.63) is 70.7 Å². The van der Waals surface area contributed by atoms with E-state index < -0.39 is 0 Å². The number of hydrogen-bond acceptors (Lipinski definition) is 3. The van der Waals surface area contributed by atoms with Crippen LogP contribution < -0.4 is 5.32 Å². The molecule has 1 amide bonds. The number of piperazine rings is 1. The van der Waals surface area contributed by atoms with Crippen molar-refractivity contribution in [3.8, 4) is 0 Å². The van der Waals surface area contributed by atoms with Crippen LogP contribution in [0.3, 0.4) is 0 Å². The first kappa shape index (κ1) is 19.9. The topological polar surface area (TPSA) is 35.6 Å². The van der Waals surface area contributed by atoms with E-state index in [4.69, 9.17) is 11.6 Å². The highest BCUT2D eigenvalue weighted by molar-refractivity contribution is 6.30. The molecule has 144 valence electrons. The van der Waals surface area contributed by atoms with Crippen LogP contribution in [0.4, 0.5) is 0 Å². The van der Waals surface area contributed by atoms with Gasteiger partial charge in [0.2, 0.25) is 5.91 Å². The lowest BCUT2D eigenvalue weighted by atomic mass is 10.0. The van der Waals surface area contributed by atoms with Gasteiger partial charge in [-0.05, 0) is 29.2 Å². The van der Waals surface area contributed by atoms with Gasteiger partial charge in [0.05, 0.1) is 6.54 Å². The Labute approximate surface area is 167 Å². The molecule has 4 nitrogen and oxygen atoms in total. The maximum absolute atomic E-state index is 12.3. The predicted octanol–water partition coefficient (Wildman–Crippen LogP) is 3.38. The maximum atomic E-state index is 12.3. The average molecular weight is 386 g/mol. The highest BCUT2D eigenvalue weighted by atomic mass is 35.5. The van der Waals surface area contributed by atoms with Crippen LogP contribution >= 0.6 is 11.6 Å². The molecule has 0 aliphatic carbocycles. The molecular formula is C22H28ClN3O. The van der Waals surface area contributed by atoms with Gasteiger partial charge in [-0.15, -0.1) is 0 Å². The van der Waals surface area contributed by atoms with Gasteiger partial charge in [0.15, 0.2) is 0 Å². The second-order valence-corrected chi connectivity index (χ2v) is 7.73. The highest BCUT2D eigenvalue weighted by Crippen LogP contribution is 2.14. The molecule has 1 N–H and O–H groups in total. The molecule has 3 rings (SSSR count). The summed E-state index contributed by atoms with van der Waals surface area (Å²) in [6.45, 7) is 8.06. The third kappa shape index (κ3) is 6.35. The van der Waals surface area contributed by atoms with Crippen molar-refractivity contribution in [1.82, 2.24) is 15.1 Å². The smallest absolute Gasteiger partial charge is 0.234 e. The number of halogens is 1. The summed E-state index contributed by atoms with van der Waals surface area (Å²) in [5.41, 5.74) is 2.54. The van der Waals surface area contributed by atoms with Crippen LogP contribution in [0.1, 0.15) is 24.0 Å². The van der Waals surface area contributed by atoms with E-state index in [2.05, 4.69) is 46.3 Å². The summed E-state index contributed by atoms with van der Waals surface area (Å²) in [5.74, 6) is 0.440. The highest BCUT2D eigenvalue weighted by Gasteiger charge is 2.19. The fourth-order valence-corrected chi connectivity index (χ4v) is 3.50. The molecule has 1 fully saturated rings. The van der Waals surface area contributed by atoms with Gasteiger partial charge in [-0.25, -0.2) is 0 Å². The molecule has 1 saturated heterocycles. The van der Waals surface area contributed by atoms with E-state index in [9.17, 15) is 4.79 Å². The monoisotopic (exact) mass is 385 g/mol. The Morgan fingerprint density at radius 2 is 1.63 bits per heavy atom. The Morgan fingerprint density at radius 1 is 1.00 bits per heavy atom. The minimum Gasteiger partial charge on any atom is -0.354 e. The van der Waals surface area contributed by atoms with Crippen LogP contribution in [0.2, 0.25) is 5.02 Å². The van der Waals surface area contributed by atoms with Crippen molar-refractivity contribution >= 4 is 17.5 Å². The quantitative estimate of drug-likeness (QED) is 0.793. The van der Waals surface area contributed by atoms with Crippen LogP contribution in [0.25, 0.3) is 0 Å². The molecule has 0 bridgehead atoms. The molecule has 1 heterocycles. The summed E-state index contributed by atoms with van der Waals surface area (Å²) in [7, 11) is 0. The van der Waals surface area contributed by atoms with E-state index in [1.54, 1.807) is 0 Å². The third-order valence-corrected chi connectivity index (χ3v) is 5.38. The van der Waals surface area contributed by atoms with E-state index in [1.807, 2.05) is 30.3 Å². The first-order chi connectivity index (χ1) is 13.1. The van der Waals surface area contributed by atoms with Crippen LogP contribution in [0.5, 0.6) is 0 Å². The Morgan fingerprint density at radius 3 is 2.30 bits per heavy atom. The zero-order valence-electron chi connectivity index (χ0n) is 15.9. The fourth-order valence-electron chi connectivity index (χ4n) is 3.38. The van der Waals surface area contributed by atoms with Gasteiger partial charge in [0.1, 0.15) is 0 Å². The molecule has 0 unspecified atom stereocenters. The lowest BCUT2D eigenvalue weighted by molar-refractivity contribution is -0.122. The normalized spacial score (nSPS) is 16.8. The Bertz CT molecular complexity index is 712. The van der Waals surface area contributed by atoms with Crippen LogP contribution in [-0.4, -0.2) is 55.0 Å². The van der Waals surface area contributed by atoms with Crippen LogP contribution in [0, 0.1) is 0 Å². The summed E-state index contributed by atoms with van der Waals surface area (Å²) in [4.78, 5) is 16.9. The molecule has 1 atom stereocenters. The van der Waals surface area contributed by atoms with Crippen molar-refractivity contribution in [2.45, 2.75) is 19.4 Å².